The molecule has 0 N–H and O–H groups in total. The fraction of sp³-hybridized carbons (Fsp3) is 0.654. The van der Waals surface area contributed by atoms with Gasteiger partial charge in [-0.3, -0.25) is 15.0 Å². The summed E-state index contributed by atoms with van der Waals surface area (Å²) in [6, 6.07) is 3.77. The van der Waals surface area contributed by atoms with Gasteiger partial charge in [0.1, 0.15) is 13.7 Å². The molecule has 198 valence electrons. The molecule has 0 unspecified atom stereocenters. The maximum atomic E-state index is 12.4. The minimum Gasteiger partial charge on any atom is -0.490 e. The van der Waals surface area contributed by atoms with Crippen molar-refractivity contribution < 1.29 is 19.2 Å². The smallest absolute Gasteiger partial charge is 0.410 e. The third-order valence-corrected chi connectivity index (χ3v) is 7.23. The quantitative estimate of drug-likeness (QED) is 0.254. The van der Waals surface area contributed by atoms with Gasteiger partial charge in [0.15, 0.2) is 5.75 Å². The van der Waals surface area contributed by atoms with Crippen LogP contribution in [-0.2, 0) is 4.74 Å². The summed E-state index contributed by atoms with van der Waals surface area (Å²) >= 11 is 0. The van der Waals surface area contributed by atoms with E-state index in [2.05, 4.69) is 40.9 Å². The van der Waals surface area contributed by atoms with Gasteiger partial charge in [-0.25, -0.2) is 4.79 Å². The molecule has 2 aliphatic heterocycles. The fourth-order valence-corrected chi connectivity index (χ4v) is 5.06. The Balaban J connectivity index is 1.69. The third-order valence-electron chi connectivity index (χ3n) is 6.35. The van der Waals surface area contributed by atoms with Crippen LogP contribution in [0.3, 0.4) is 0 Å². The Labute approximate surface area is 215 Å². The number of nitro benzene ring substituents is 1. The number of benzene rings is 1. The van der Waals surface area contributed by atoms with Crippen molar-refractivity contribution in [3.8, 4) is 17.2 Å². The first kappa shape index (κ1) is 27.8. The highest BCUT2D eigenvalue weighted by molar-refractivity contribution is 6.83. The highest BCUT2D eigenvalue weighted by Crippen LogP contribution is 2.36. The zero-order valence-electron chi connectivity index (χ0n) is 22.7. The van der Waals surface area contributed by atoms with Gasteiger partial charge in [-0.2, -0.15) is 0 Å². The van der Waals surface area contributed by atoms with E-state index < -0.39 is 18.6 Å². The molecule has 0 atom stereocenters. The number of amides is 1. The minimum absolute atomic E-state index is 0.0566. The molecule has 0 radical (unpaired) electrons. The highest BCUT2D eigenvalue weighted by Gasteiger charge is 2.32. The van der Waals surface area contributed by atoms with Crippen LogP contribution in [0.4, 0.5) is 16.2 Å². The lowest BCUT2D eigenvalue weighted by Gasteiger charge is -2.43. The Morgan fingerprint density at radius 1 is 1.08 bits per heavy atom. The van der Waals surface area contributed by atoms with E-state index in [1.165, 1.54) is 7.11 Å². The second-order valence-electron chi connectivity index (χ2n) is 11.5. The number of rotatable bonds is 4. The second kappa shape index (κ2) is 11.1. The molecule has 0 aromatic heterocycles. The number of hydrogen-bond donors (Lipinski definition) is 0. The third kappa shape index (κ3) is 7.37. The first-order valence-corrected chi connectivity index (χ1v) is 16.1. The van der Waals surface area contributed by atoms with Gasteiger partial charge >= 0.3 is 11.8 Å². The molecule has 36 heavy (non-hydrogen) atoms. The van der Waals surface area contributed by atoms with Gasteiger partial charge < -0.3 is 19.3 Å². The van der Waals surface area contributed by atoms with E-state index in [4.69, 9.17) is 9.47 Å². The van der Waals surface area contributed by atoms with E-state index in [0.717, 1.165) is 44.7 Å². The van der Waals surface area contributed by atoms with Crippen LogP contribution >= 0.6 is 0 Å². The van der Waals surface area contributed by atoms with Crippen LogP contribution in [0, 0.1) is 21.6 Å². The fourth-order valence-electron chi connectivity index (χ4n) is 4.55. The molecular formula is C26H40N4O5Si. The predicted molar refractivity (Wildman–Crippen MR) is 144 cm³/mol. The average molecular weight is 517 g/mol. The molecule has 0 spiro atoms. The molecule has 1 aromatic rings. The number of hydrogen-bond acceptors (Lipinski definition) is 7. The summed E-state index contributed by atoms with van der Waals surface area (Å²) in [6.45, 7) is 16.8. The normalized spacial score (nSPS) is 17.9. The molecule has 1 amide bonds. The largest absolute Gasteiger partial charge is 0.490 e. The van der Waals surface area contributed by atoms with Crippen LogP contribution in [0.1, 0.15) is 39.2 Å². The summed E-state index contributed by atoms with van der Waals surface area (Å²) in [5, 5.41) is 11.6. The number of carbonyl (C=O) groups is 1. The lowest BCUT2D eigenvalue weighted by molar-refractivity contribution is -0.385. The number of piperazine rings is 1. The minimum atomic E-state index is -1.66. The number of carbonyl (C=O) groups excluding carboxylic acids is 1. The van der Waals surface area contributed by atoms with Crippen molar-refractivity contribution in [2.24, 2.45) is 0 Å². The van der Waals surface area contributed by atoms with E-state index in [1.54, 1.807) is 17.0 Å². The Hall–Kier alpha value is -2.77. The van der Waals surface area contributed by atoms with Crippen LogP contribution in [0.25, 0.3) is 0 Å². The number of anilines is 1. The molecule has 2 fully saturated rings. The molecule has 1 aromatic carbocycles. The van der Waals surface area contributed by atoms with E-state index in [0.29, 0.717) is 24.7 Å². The van der Waals surface area contributed by atoms with Crippen LogP contribution in [0.2, 0.25) is 19.6 Å². The second-order valence-corrected chi connectivity index (χ2v) is 16.3. The molecule has 3 rings (SSSR count). The van der Waals surface area contributed by atoms with Crippen molar-refractivity contribution in [1.82, 2.24) is 9.80 Å². The van der Waals surface area contributed by atoms with Crippen molar-refractivity contribution in [1.29, 1.82) is 0 Å². The van der Waals surface area contributed by atoms with E-state index >= 15 is 0 Å². The molecule has 9 nitrogen and oxygen atoms in total. The van der Waals surface area contributed by atoms with Gasteiger partial charge in [0.05, 0.1) is 23.3 Å². The van der Waals surface area contributed by atoms with Crippen molar-refractivity contribution in [2.45, 2.75) is 64.9 Å². The molecule has 2 aliphatic rings. The zero-order valence-corrected chi connectivity index (χ0v) is 23.7. The highest BCUT2D eigenvalue weighted by atomic mass is 28.3. The summed E-state index contributed by atoms with van der Waals surface area (Å²) in [4.78, 5) is 30.1. The van der Waals surface area contributed by atoms with E-state index in [-0.39, 0.29) is 17.5 Å². The molecular weight excluding hydrogens is 476 g/mol. The van der Waals surface area contributed by atoms with Gasteiger partial charge in [0.25, 0.3) is 0 Å². The van der Waals surface area contributed by atoms with Gasteiger partial charge in [-0.05, 0) is 33.6 Å². The maximum absolute atomic E-state index is 12.4. The standard InChI is InChI=1S/C26H40N4O5Si/c1-26(2,3)35-25(31)29-15-13-27(14-16-29)21-8-11-28(12-9-21)22-19-24(34-4)23(30(32)33)18-20(22)10-17-36(5,6)7/h18-19,21H,8-9,11-16H2,1-7H3. The summed E-state index contributed by atoms with van der Waals surface area (Å²) in [6.07, 6.45) is 1.72. The summed E-state index contributed by atoms with van der Waals surface area (Å²) in [5.41, 5.74) is 4.40. The molecule has 2 heterocycles. The Morgan fingerprint density at radius 2 is 1.69 bits per heavy atom. The van der Waals surface area contributed by atoms with E-state index in [1.807, 2.05) is 20.8 Å². The van der Waals surface area contributed by atoms with Gasteiger partial charge in [-0.1, -0.05) is 25.6 Å². The molecule has 0 saturated carbocycles. The van der Waals surface area contributed by atoms with Crippen molar-refractivity contribution >= 4 is 25.5 Å². The lowest BCUT2D eigenvalue weighted by Crippen LogP contribution is -2.55. The summed E-state index contributed by atoms with van der Waals surface area (Å²) in [7, 11) is -0.203. The molecule has 0 bridgehead atoms. The molecule has 0 aliphatic carbocycles. The number of nitrogens with zero attached hydrogens (tertiary/aromatic N) is 4. The van der Waals surface area contributed by atoms with Gasteiger partial charge in [0.2, 0.25) is 0 Å². The van der Waals surface area contributed by atoms with Gasteiger partial charge in [0, 0.05) is 57.4 Å². The maximum Gasteiger partial charge on any atom is 0.410 e. The van der Waals surface area contributed by atoms with Crippen LogP contribution in [0.5, 0.6) is 5.75 Å². The average Bonchev–Trinajstić information content (AvgIpc) is 2.80. The van der Waals surface area contributed by atoms with Crippen molar-refractivity contribution in [2.75, 3.05) is 51.3 Å². The first-order chi connectivity index (χ1) is 16.8. The molecule has 10 heteroatoms. The van der Waals surface area contributed by atoms with E-state index in [9.17, 15) is 14.9 Å². The Bertz CT molecular complexity index is 1020. The van der Waals surface area contributed by atoms with Crippen molar-refractivity contribution in [3.63, 3.8) is 0 Å². The number of ether oxygens (including phenoxy) is 2. The SMILES string of the molecule is COc1cc(N2CCC(N3CCN(C(=O)OC(C)(C)C)CC3)CC2)c(C#C[Si](C)(C)C)cc1[N+](=O)[O-]. The molecule has 2 saturated heterocycles. The topological polar surface area (TPSA) is 88.4 Å². The first-order valence-electron chi connectivity index (χ1n) is 12.6. The number of nitro groups is 1. The predicted octanol–water partition coefficient (Wildman–Crippen LogP) is 4.35. The van der Waals surface area contributed by atoms with Crippen LogP contribution in [-0.4, -0.2) is 86.9 Å². The monoisotopic (exact) mass is 516 g/mol. The summed E-state index contributed by atoms with van der Waals surface area (Å²) < 4.78 is 10.9. The summed E-state index contributed by atoms with van der Waals surface area (Å²) in [5.74, 6) is 3.51. The number of methoxy groups -OCH3 is 1. The zero-order chi connectivity index (χ0) is 26.7. The lowest BCUT2D eigenvalue weighted by atomic mass is 10.00. The van der Waals surface area contributed by atoms with Crippen LogP contribution < -0.4 is 9.64 Å². The Morgan fingerprint density at radius 3 is 2.19 bits per heavy atom. The van der Waals surface area contributed by atoms with Gasteiger partial charge in [-0.15, -0.1) is 5.54 Å². The van der Waals surface area contributed by atoms with Crippen molar-refractivity contribution in [3.05, 3.63) is 27.8 Å². The number of piperidine rings is 1. The van der Waals surface area contributed by atoms with Crippen LogP contribution in [0.15, 0.2) is 12.1 Å². The Kier molecular flexibility index (Phi) is 8.57.